The monoisotopic (exact) mass is 206 g/mol. The van der Waals surface area contributed by atoms with Gasteiger partial charge in [0.15, 0.2) is 0 Å². The molecule has 0 aromatic heterocycles. The summed E-state index contributed by atoms with van der Waals surface area (Å²) in [6.45, 7) is 6.03. The number of hydrogen-bond donors (Lipinski definition) is 1. The second-order valence-corrected chi connectivity index (χ2v) is 4.61. The number of hydrogen-bond acceptors (Lipinski definition) is 2. The van der Waals surface area contributed by atoms with Gasteiger partial charge in [-0.15, -0.1) is 0 Å². The second-order valence-electron chi connectivity index (χ2n) is 4.61. The number of aryl methyl sites for hydroxylation is 1. The van der Waals surface area contributed by atoms with Gasteiger partial charge in [0.05, 0.1) is 0 Å². The van der Waals surface area contributed by atoms with E-state index in [4.69, 9.17) is 0 Å². The van der Waals surface area contributed by atoms with Crippen LogP contribution in [0.2, 0.25) is 0 Å². The first-order chi connectivity index (χ1) is 6.97. The third-order valence-electron chi connectivity index (χ3n) is 2.77. The predicted octanol–water partition coefficient (Wildman–Crippen LogP) is 2.96. The SMILES string of the molecule is Cc1ccc(C(C)(C)CCC=O)c(O)c1. The fourth-order valence-electron chi connectivity index (χ4n) is 1.77. The molecule has 1 aromatic carbocycles. The van der Waals surface area contributed by atoms with Gasteiger partial charge in [-0.25, -0.2) is 0 Å². The zero-order valence-electron chi connectivity index (χ0n) is 9.58. The number of carbonyl (C=O) groups is 1. The molecule has 0 fully saturated rings. The number of aromatic hydroxyl groups is 1. The summed E-state index contributed by atoms with van der Waals surface area (Å²) in [4.78, 5) is 10.4. The van der Waals surface area contributed by atoms with Crippen LogP contribution >= 0.6 is 0 Å². The summed E-state index contributed by atoms with van der Waals surface area (Å²) in [5.74, 6) is 0.325. The molecule has 0 heterocycles. The van der Waals surface area contributed by atoms with E-state index in [1.165, 1.54) is 0 Å². The number of carbonyl (C=O) groups excluding carboxylic acids is 1. The summed E-state index contributed by atoms with van der Waals surface area (Å²) in [5.41, 5.74) is 1.80. The van der Waals surface area contributed by atoms with Crippen molar-refractivity contribution in [3.05, 3.63) is 29.3 Å². The molecule has 0 amide bonds. The third-order valence-corrected chi connectivity index (χ3v) is 2.77. The maximum Gasteiger partial charge on any atom is 0.120 e. The van der Waals surface area contributed by atoms with Crippen molar-refractivity contribution in [1.29, 1.82) is 0 Å². The van der Waals surface area contributed by atoms with Gasteiger partial charge in [-0.3, -0.25) is 0 Å². The van der Waals surface area contributed by atoms with E-state index in [0.717, 1.165) is 23.8 Å². The Labute approximate surface area is 90.9 Å². The van der Waals surface area contributed by atoms with E-state index >= 15 is 0 Å². The lowest BCUT2D eigenvalue weighted by molar-refractivity contribution is -0.108. The van der Waals surface area contributed by atoms with Crippen LogP contribution in [0.1, 0.15) is 37.8 Å². The molecular weight excluding hydrogens is 188 g/mol. The summed E-state index contributed by atoms with van der Waals surface area (Å²) in [7, 11) is 0. The Morgan fingerprint density at radius 3 is 2.60 bits per heavy atom. The van der Waals surface area contributed by atoms with Gasteiger partial charge >= 0.3 is 0 Å². The van der Waals surface area contributed by atoms with E-state index in [2.05, 4.69) is 0 Å². The maximum absolute atomic E-state index is 10.4. The number of rotatable bonds is 4. The molecule has 1 aromatic rings. The molecule has 1 N–H and O–H groups in total. The van der Waals surface area contributed by atoms with Crippen LogP contribution in [0.25, 0.3) is 0 Å². The summed E-state index contributed by atoms with van der Waals surface area (Å²) in [6, 6.07) is 5.69. The van der Waals surface area contributed by atoms with Gasteiger partial charge in [-0.05, 0) is 36.0 Å². The molecule has 0 aliphatic heterocycles. The first kappa shape index (κ1) is 11.8. The molecule has 2 nitrogen and oxygen atoms in total. The number of aldehydes is 1. The summed E-state index contributed by atoms with van der Waals surface area (Å²) >= 11 is 0. The van der Waals surface area contributed by atoms with Gasteiger partial charge in [0.1, 0.15) is 12.0 Å². The van der Waals surface area contributed by atoms with Crippen LogP contribution in [-0.2, 0) is 10.2 Å². The van der Waals surface area contributed by atoms with E-state index < -0.39 is 0 Å². The van der Waals surface area contributed by atoms with Crippen molar-refractivity contribution in [2.75, 3.05) is 0 Å². The van der Waals surface area contributed by atoms with Crippen LogP contribution in [0.15, 0.2) is 18.2 Å². The average Bonchev–Trinajstić information content (AvgIpc) is 2.14. The van der Waals surface area contributed by atoms with E-state index in [0.29, 0.717) is 12.2 Å². The zero-order chi connectivity index (χ0) is 11.5. The highest BCUT2D eigenvalue weighted by Crippen LogP contribution is 2.34. The minimum atomic E-state index is -0.154. The van der Waals surface area contributed by atoms with E-state index in [1.54, 1.807) is 6.07 Å². The van der Waals surface area contributed by atoms with Crippen molar-refractivity contribution >= 4 is 6.29 Å². The molecule has 0 aliphatic rings. The smallest absolute Gasteiger partial charge is 0.120 e. The Bertz CT molecular complexity index is 354. The van der Waals surface area contributed by atoms with Crippen LogP contribution in [0.3, 0.4) is 0 Å². The van der Waals surface area contributed by atoms with Crippen LogP contribution in [0.4, 0.5) is 0 Å². The fourth-order valence-corrected chi connectivity index (χ4v) is 1.77. The van der Waals surface area contributed by atoms with Gasteiger partial charge < -0.3 is 9.90 Å². The number of phenols is 1. The Morgan fingerprint density at radius 1 is 1.40 bits per heavy atom. The van der Waals surface area contributed by atoms with Gasteiger partial charge in [-0.1, -0.05) is 26.0 Å². The molecule has 2 heteroatoms. The topological polar surface area (TPSA) is 37.3 Å². The largest absolute Gasteiger partial charge is 0.508 e. The molecular formula is C13H18O2. The van der Waals surface area contributed by atoms with Gasteiger partial charge in [0, 0.05) is 6.42 Å². The Kier molecular flexibility index (Phi) is 3.51. The fraction of sp³-hybridized carbons (Fsp3) is 0.462. The highest BCUT2D eigenvalue weighted by molar-refractivity contribution is 5.50. The minimum absolute atomic E-state index is 0.154. The third kappa shape index (κ3) is 2.82. The standard InChI is InChI=1S/C13H18O2/c1-10-5-6-11(12(15)9-10)13(2,3)7-4-8-14/h5-6,8-9,15H,4,7H2,1-3H3. The number of benzene rings is 1. The lowest BCUT2D eigenvalue weighted by Gasteiger charge is -2.25. The van der Waals surface area contributed by atoms with Crippen LogP contribution in [0, 0.1) is 6.92 Å². The predicted molar refractivity (Wildman–Crippen MR) is 61.2 cm³/mol. The van der Waals surface area contributed by atoms with Crippen molar-refractivity contribution in [3.8, 4) is 5.75 Å². The van der Waals surface area contributed by atoms with E-state index in [-0.39, 0.29) is 5.41 Å². The molecule has 82 valence electrons. The zero-order valence-corrected chi connectivity index (χ0v) is 9.58. The minimum Gasteiger partial charge on any atom is -0.508 e. The quantitative estimate of drug-likeness (QED) is 0.769. The molecule has 1 rings (SSSR count). The van der Waals surface area contributed by atoms with Crippen LogP contribution < -0.4 is 0 Å². The van der Waals surface area contributed by atoms with Crippen molar-refractivity contribution < 1.29 is 9.90 Å². The van der Waals surface area contributed by atoms with Crippen molar-refractivity contribution in [2.45, 2.75) is 39.0 Å². The van der Waals surface area contributed by atoms with Gasteiger partial charge in [0.2, 0.25) is 0 Å². The molecule has 0 saturated heterocycles. The molecule has 15 heavy (non-hydrogen) atoms. The van der Waals surface area contributed by atoms with Crippen molar-refractivity contribution in [2.24, 2.45) is 0 Å². The van der Waals surface area contributed by atoms with Crippen LogP contribution in [0.5, 0.6) is 5.75 Å². The van der Waals surface area contributed by atoms with E-state index in [1.807, 2.05) is 32.9 Å². The molecule has 0 aliphatic carbocycles. The van der Waals surface area contributed by atoms with Gasteiger partial charge in [-0.2, -0.15) is 0 Å². The first-order valence-electron chi connectivity index (χ1n) is 5.21. The molecule has 0 bridgehead atoms. The highest BCUT2D eigenvalue weighted by Gasteiger charge is 2.23. The highest BCUT2D eigenvalue weighted by atomic mass is 16.3. The maximum atomic E-state index is 10.4. The lowest BCUT2D eigenvalue weighted by Crippen LogP contribution is -2.17. The molecule has 0 radical (unpaired) electrons. The lowest BCUT2D eigenvalue weighted by atomic mass is 9.80. The Balaban J connectivity index is 2.98. The summed E-state index contributed by atoms with van der Waals surface area (Å²) < 4.78 is 0. The van der Waals surface area contributed by atoms with Crippen LogP contribution in [-0.4, -0.2) is 11.4 Å². The van der Waals surface area contributed by atoms with Crippen molar-refractivity contribution in [3.63, 3.8) is 0 Å². The molecule has 0 atom stereocenters. The average molecular weight is 206 g/mol. The molecule has 0 spiro atoms. The Hall–Kier alpha value is -1.31. The summed E-state index contributed by atoms with van der Waals surface area (Å²) in [5, 5.41) is 9.84. The Morgan fingerprint density at radius 2 is 2.07 bits per heavy atom. The van der Waals surface area contributed by atoms with E-state index in [9.17, 15) is 9.90 Å². The van der Waals surface area contributed by atoms with Crippen molar-refractivity contribution in [1.82, 2.24) is 0 Å². The molecule has 0 saturated carbocycles. The van der Waals surface area contributed by atoms with Gasteiger partial charge in [0.25, 0.3) is 0 Å². The number of phenolic OH excluding ortho intramolecular Hbond substituents is 1. The first-order valence-corrected chi connectivity index (χ1v) is 5.21. The summed E-state index contributed by atoms with van der Waals surface area (Å²) in [6.07, 6.45) is 2.21. The normalized spacial score (nSPS) is 11.4. The second kappa shape index (κ2) is 4.47. The molecule has 0 unspecified atom stereocenters.